The number of aromatic nitrogens is 1. The van der Waals surface area contributed by atoms with Crippen LogP contribution in [0.1, 0.15) is 25.0 Å². The molecule has 0 radical (unpaired) electrons. The Kier molecular flexibility index (Phi) is 5.92. The second kappa shape index (κ2) is 10.2. The molecule has 0 spiro atoms. The fraction of sp³-hybridized carbons (Fsp3) is 0.0667. The van der Waals surface area contributed by atoms with Crippen LogP contribution >= 0.6 is 0 Å². The molecule has 1 aromatic heterocycles. The van der Waals surface area contributed by atoms with Crippen molar-refractivity contribution in [3.63, 3.8) is 0 Å². The topological polar surface area (TPSA) is 4.93 Å². The van der Waals surface area contributed by atoms with Crippen molar-refractivity contribution >= 4 is 21.8 Å². The largest absolute Gasteiger partial charge is 0.309 e. The second-order valence-electron chi connectivity index (χ2n) is 13.0. The first-order valence-corrected chi connectivity index (χ1v) is 16.1. The first kappa shape index (κ1) is 26.7. The number of fused-ring (bicyclic) bond motifs is 6. The van der Waals surface area contributed by atoms with Gasteiger partial charge in [0, 0.05) is 21.9 Å². The lowest BCUT2D eigenvalue weighted by molar-refractivity contribution is 0.660. The first-order valence-electron chi connectivity index (χ1n) is 16.1. The Morgan fingerprint density at radius 2 is 0.935 bits per heavy atom. The molecule has 0 saturated carbocycles. The van der Waals surface area contributed by atoms with Crippen LogP contribution in [-0.2, 0) is 5.41 Å². The summed E-state index contributed by atoms with van der Waals surface area (Å²) in [7, 11) is 0. The smallest absolute Gasteiger partial charge is 0.0541 e. The number of rotatable bonds is 4. The molecule has 8 aromatic rings. The maximum atomic E-state index is 2.40. The lowest BCUT2D eigenvalue weighted by Crippen LogP contribution is -2.14. The van der Waals surface area contributed by atoms with Gasteiger partial charge in [-0.1, -0.05) is 141 Å². The highest BCUT2D eigenvalue weighted by Crippen LogP contribution is 2.49. The molecule has 1 heterocycles. The maximum Gasteiger partial charge on any atom is 0.0541 e. The Hall–Kier alpha value is -5.66. The van der Waals surface area contributed by atoms with E-state index in [1.807, 2.05) is 0 Å². The van der Waals surface area contributed by atoms with Gasteiger partial charge in [0.15, 0.2) is 0 Å². The number of para-hydroxylation sites is 1. The lowest BCUT2D eigenvalue weighted by atomic mass is 9.81. The van der Waals surface area contributed by atoms with E-state index in [0.29, 0.717) is 0 Å². The molecular weight excluding hydrogens is 555 g/mol. The van der Waals surface area contributed by atoms with Crippen LogP contribution in [0.4, 0.5) is 0 Å². The van der Waals surface area contributed by atoms with Crippen LogP contribution in [-0.4, -0.2) is 4.57 Å². The highest BCUT2D eigenvalue weighted by atomic mass is 15.0. The van der Waals surface area contributed by atoms with Gasteiger partial charge >= 0.3 is 0 Å². The van der Waals surface area contributed by atoms with Crippen LogP contribution in [0.15, 0.2) is 164 Å². The minimum absolute atomic E-state index is 0.000662. The van der Waals surface area contributed by atoms with Gasteiger partial charge in [0.25, 0.3) is 0 Å². The van der Waals surface area contributed by atoms with Crippen LogP contribution in [0, 0.1) is 0 Å². The van der Waals surface area contributed by atoms with Gasteiger partial charge in [-0.15, -0.1) is 0 Å². The predicted molar refractivity (Wildman–Crippen MR) is 195 cm³/mol. The molecule has 46 heavy (non-hydrogen) atoms. The van der Waals surface area contributed by atoms with Gasteiger partial charge < -0.3 is 4.57 Å². The zero-order chi connectivity index (χ0) is 30.8. The molecule has 1 nitrogen and oxygen atoms in total. The van der Waals surface area contributed by atoms with Crippen LogP contribution < -0.4 is 0 Å². The van der Waals surface area contributed by atoms with Crippen LogP contribution in [0.5, 0.6) is 0 Å². The molecule has 0 atom stereocenters. The fourth-order valence-corrected chi connectivity index (χ4v) is 7.62. The maximum absolute atomic E-state index is 2.40. The summed E-state index contributed by atoms with van der Waals surface area (Å²) in [5, 5.41) is 2.53. The zero-order valence-corrected chi connectivity index (χ0v) is 26.0. The molecule has 0 unspecified atom stereocenters. The number of hydrogen-bond acceptors (Lipinski definition) is 0. The predicted octanol–water partition coefficient (Wildman–Crippen LogP) is 12.1. The van der Waals surface area contributed by atoms with Gasteiger partial charge in [0.05, 0.1) is 11.0 Å². The Morgan fingerprint density at radius 1 is 0.370 bits per heavy atom. The number of benzene rings is 7. The molecule has 0 aliphatic heterocycles. The monoisotopic (exact) mass is 587 g/mol. The van der Waals surface area contributed by atoms with Crippen molar-refractivity contribution in [1.29, 1.82) is 0 Å². The second-order valence-corrected chi connectivity index (χ2v) is 13.0. The van der Waals surface area contributed by atoms with Crippen molar-refractivity contribution in [3.05, 3.63) is 175 Å². The van der Waals surface area contributed by atoms with Crippen molar-refractivity contribution in [1.82, 2.24) is 4.57 Å². The number of nitrogens with zero attached hydrogens (tertiary/aromatic N) is 1. The van der Waals surface area contributed by atoms with Crippen molar-refractivity contribution in [3.8, 4) is 50.2 Å². The van der Waals surface area contributed by atoms with E-state index in [1.165, 1.54) is 83.1 Å². The van der Waals surface area contributed by atoms with Crippen LogP contribution in [0.3, 0.4) is 0 Å². The normalized spacial score (nSPS) is 13.2. The van der Waals surface area contributed by atoms with Crippen molar-refractivity contribution in [2.75, 3.05) is 0 Å². The molecular formula is C45H33N. The Labute approximate surface area is 270 Å². The van der Waals surface area contributed by atoms with Crippen LogP contribution in [0.25, 0.3) is 72.0 Å². The summed E-state index contributed by atoms with van der Waals surface area (Å²) >= 11 is 0. The van der Waals surface area contributed by atoms with E-state index in [0.717, 1.165) is 0 Å². The summed E-state index contributed by atoms with van der Waals surface area (Å²) < 4.78 is 2.40. The first-order chi connectivity index (χ1) is 22.6. The van der Waals surface area contributed by atoms with Crippen molar-refractivity contribution in [2.24, 2.45) is 0 Å². The molecule has 7 aromatic carbocycles. The Bertz CT molecular complexity index is 2420. The third-order valence-electron chi connectivity index (χ3n) is 10.0. The minimum Gasteiger partial charge on any atom is -0.309 e. The van der Waals surface area contributed by atoms with Crippen LogP contribution in [0.2, 0.25) is 0 Å². The van der Waals surface area contributed by atoms with E-state index < -0.39 is 0 Å². The van der Waals surface area contributed by atoms with Gasteiger partial charge in [-0.05, 0) is 92.0 Å². The highest BCUT2D eigenvalue weighted by Gasteiger charge is 2.35. The Balaban J connectivity index is 1.10. The molecule has 218 valence electrons. The van der Waals surface area contributed by atoms with Gasteiger partial charge in [-0.25, -0.2) is 0 Å². The third kappa shape index (κ3) is 4.09. The van der Waals surface area contributed by atoms with Crippen molar-refractivity contribution < 1.29 is 0 Å². The van der Waals surface area contributed by atoms with E-state index >= 15 is 0 Å². The average Bonchev–Trinajstić information content (AvgIpc) is 3.57. The van der Waals surface area contributed by atoms with Gasteiger partial charge in [0.2, 0.25) is 0 Å². The third-order valence-corrected chi connectivity index (χ3v) is 10.0. The molecule has 9 rings (SSSR count). The summed E-state index contributed by atoms with van der Waals surface area (Å²) in [6.07, 6.45) is 0. The molecule has 0 bridgehead atoms. The SMILES string of the molecule is CC1(C)c2ccccc2-c2ccc(-c3ccc(-c4ccc5c(c4)c4ccccc4n5-c4cccc(-c5ccccc5)c4)cc3)cc21. The Morgan fingerprint density at radius 3 is 1.76 bits per heavy atom. The minimum atomic E-state index is -0.000662. The molecule has 1 heteroatoms. The molecule has 1 aliphatic rings. The average molecular weight is 588 g/mol. The summed E-state index contributed by atoms with van der Waals surface area (Å²) in [4.78, 5) is 0. The van der Waals surface area contributed by atoms with E-state index in [9.17, 15) is 0 Å². The summed E-state index contributed by atoms with van der Waals surface area (Å²) in [5.41, 5.74) is 16.6. The molecule has 0 saturated heterocycles. The van der Waals surface area contributed by atoms with Gasteiger partial charge in [-0.2, -0.15) is 0 Å². The van der Waals surface area contributed by atoms with Gasteiger partial charge in [-0.3, -0.25) is 0 Å². The lowest BCUT2D eigenvalue weighted by Gasteiger charge is -2.22. The summed E-state index contributed by atoms with van der Waals surface area (Å²) in [5.74, 6) is 0. The van der Waals surface area contributed by atoms with Crippen molar-refractivity contribution in [2.45, 2.75) is 19.3 Å². The molecule has 0 amide bonds. The molecule has 0 fully saturated rings. The standard InChI is InChI=1S/C45H33N/c1-45(2)41-17-8-6-15-37(41)38-25-23-35(29-42(38)45)32-21-19-31(20-22-32)34-24-26-44-40(28-34)39-16-7-9-18-43(39)46(44)36-14-10-13-33(27-36)30-11-4-3-5-12-30/h3-29H,1-2H3. The highest BCUT2D eigenvalue weighted by molar-refractivity contribution is 6.10. The van der Waals surface area contributed by atoms with E-state index in [2.05, 4.69) is 182 Å². The molecule has 0 N–H and O–H groups in total. The van der Waals surface area contributed by atoms with E-state index in [-0.39, 0.29) is 5.41 Å². The van der Waals surface area contributed by atoms with E-state index in [4.69, 9.17) is 0 Å². The molecule has 1 aliphatic carbocycles. The zero-order valence-electron chi connectivity index (χ0n) is 26.0. The van der Waals surface area contributed by atoms with Gasteiger partial charge in [0.1, 0.15) is 0 Å². The summed E-state index contributed by atoms with van der Waals surface area (Å²) in [6.45, 7) is 4.69. The fourth-order valence-electron chi connectivity index (χ4n) is 7.62. The van der Waals surface area contributed by atoms with E-state index in [1.54, 1.807) is 0 Å². The quantitative estimate of drug-likeness (QED) is 0.193. The summed E-state index contributed by atoms with van der Waals surface area (Å²) in [6, 6.07) is 60.1. The number of hydrogen-bond donors (Lipinski definition) is 0.